The van der Waals surface area contributed by atoms with E-state index >= 15 is 0 Å². The molecule has 1 aromatic carbocycles. The minimum Gasteiger partial charge on any atom is -0.496 e. The molecule has 1 aliphatic heterocycles. The van der Waals surface area contributed by atoms with E-state index in [2.05, 4.69) is 0 Å². The van der Waals surface area contributed by atoms with Crippen LogP contribution < -0.4 is 14.2 Å². The molecule has 0 radical (unpaired) electrons. The molecule has 80 valence electrons. The van der Waals surface area contributed by atoms with E-state index in [0.717, 1.165) is 0 Å². The van der Waals surface area contributed by atoms with Crippen molar-refractivity contribution in [2.45, 2.75) is 13.3 Å². The van der Waals surface area contributed by atoms with Crippen LogP contribution in [0.4, 0.5) is 0 Å². The van der Waals surface area contributed by atoms with E-state index < -0.39 is 0 Å². The highest BCUT2D eigenvalue weighted by atomic mass is 16.7. The highest BCUT2D eigenvalue weighted by molar-refractivity contribution is 5.99. The van der Waals surface area contributed by atoms with Gasteiger partial charge in [0, 0.05) is 12.5 Å². The fourth-order valence-corrected chi connectivity index (χ4v) is 1.50. The Bertz CT molecular complexity index is 398. The molecular weight excluding hydrogens is 196 g/mol. The molecule has 0 saturated carbocycles. The molecule has 0 unspecified atom stereocenters. The maximum atomic E-state index is 11.6. The molecule has 0 aliphatic carbocycles. The molecule has 0 bridgehead atoms. The van der Waals surface area contributed by atoms with Crippen LogP contribution >= 0.6 is 0 Å². The van der Waals surface area contributed by atoms with Crippen molar-refractivity contribution in [2.24, 2.45) is 0 Å². The van der Waals surface area contributed by atoms with Crippen molar-refractivity contribution < 1.29 is 19.0 Å². The Morgan fingerprint density at radius 3 is 2.67 bits per heavy atom. The summed E-state index contributed by atoms with van der Waals surface area (Å²) >= 11 is 0. The normalized spacial score (nSPS) is 12.7. The van der Waals surface area contributed by atoms with Gasteiger partial charge in [0.1, 0.15) is 5.75 Å². The molecule has 2 rings (SSSR count). The Labute approximate surface area is 87.8 Å². The van der Waals surface area contributed by atoms with Crippen LogP contribution in [0.2, 0.25) is 0 Å². The lowest BCUT2D eigenvalue weighted by atomic mass is 10.1. The largest absolute Gasteiger partial charge is 0.496 e. The quantitative estimate of drug-likeness (QED) is 0.713. The first kappa shape index (κ1) is 9.83. The van der Waals surface area contributed by atoms with Crippen molar-refractivity contribution >= 4 is 5.78 Å². The average molecular weight is 208 g/mol. The second kappa shape index (κ2) is 3.81. The molecule has 1 heterocycles. The fourth-order valence-electron chi connectivity index (χ4n) is 1.50. The van der Waals surface area contributed by atoms with Crippen LogP contribution in [0, 0.1) is 0 Å². The zero-order valence-electron chi connectivity index (χ0n) is 8.70. The van der Waals surface area contributed by atoms with Gasteiger partial charge >= 0.3 is 0 Å². The number of Topliss-reactive ketones (excluding diaryl/α,β-unsaturated/α-hetero) is 1. The minimum atomic E-state index is 0.0325. The van der Waals surface area contributed by atoms with Gasteiger partial charge in [-0.2, -0.15) is 0 Å². The molecule has 4 nitrogen and oxygen atoms in total. The summed E-state index contributed by atoms with van der Waals surface area (Å²) in [6.07, 6.45) is 0.440. The number of ether oxygens (including phenoxy) is 3. The number of carbonyl (C=O) groups excluding carboxylic acids is 1. The molecule has 15 heavy (non-hydrogen) atoms. The zero-order chi connectivity index (χ0) is 10.8. The van der Waals surface area contributed by atoms with Gasteiger partial charge < -0.3 is 14.2 Å². The van der Waals surface area contributed by atoms with E-state index in [4.69, 9.17) is 14.2 Å². The summed E-state index contributed by atoms with van der Waals surface area (Å²) in [5, 5.41) is 0. The molecule has 0 saturated heterocycles. The third-order valence-corrected chi connectivity index (χ3v) is 2.32. The number of hydrogen-bond donors (Lipinski definition) is 0. The van der Waals surface area contributed by atoms with E-state index in [0.29, 0.717) is 29.2 Å². The number of hydrogen-bond acceptors (Lipinski definition) is 4. The summed E-state index contributed by atoms with van der Waals surface area (Å²) in [4.78, 5) is 11.6. The lowest BCUT2D eigenvalue weighted by molar-refractivity contribution is 0.0985. The van der Waals surface area contributed by atoms with Crippen molar-refractivity contribution in [1.82, 2.24) is 0 Å². The molecule has 0 amide bonds. The summed E-state index contributed by atoms with van der Waals surface area (Å²) in [5.41, 5.74) is 0.546. The number of rotatable bonds is 3. The van der Waals surface area contributed by atoms with Gasteiger partial charge in [-0.1, -0.05) is 6.92 Å². The van der Waals surface area contributed by atoms with Crippen LogP contribution in [-0.4, -0.2) is 19.7 Å². The van der Waals surface area contributed by atoms with Crippen LogP contribution in [0.25, 0.3) is 0 Å². The first-order valence-corrected chi connectivity index (χ1v) is 4.77. The highest BCUT2D eigenvalue weighted by Crippen LogP contribution is 2.38. The third-order valence-electron chi connectivity index (χ3n) is 2.32. The number of carbonyl (C=O) groups is 1. The van der Waals surface area contributed by atoms with Gasteiger partial charge in [-0.3, -0.25) is 4.79 Å². The topological polar surface area (TPSA) is 44.8 Å². The highest BCUT2D eigenvalue weighted by Gasteiger charge is 2.20. The maximum absolute atomic E-state index is 11.6. The zero-order valence-corrected chi connectivity index (χ0v) is 8.70. The Morgan fingerprint density at radius 2 is 2.07 bits per heavy atom. The Hall–Kier alpha value is -1.71. The molecule has 0 spiro atoms. The first-order valence-electron chi connectivity index (χ1n) is 4.77. The SMILES string of the molecule is CCC(=O)c1cc2c(cc1OC)OCO2. The molecule has 1 aromatic rings. The maximum Gasteiger partial charge on any atom is 0.231 e. The monoisotopic (exact) mass is 208 g/mol. The Balaban J connectivity index is 2.48. The smallest absolute Gasteiger partial charge is 0.231 e. The molecular formula is C11H12O4. The van der Waals surface area contributed by atoms with Crippen molar-refractivity contribution in [1.29, 1.82) is 0 Å². The van der Waals surface area contributed by atoms with Gasteiger partial charge in [-0.05, 0) is 6.07 Å². The van der Waals surface area contributed by atoms with Gasteiger partial charge in [0.15, 0.2) is 17.3 Å². The lowest BCUT2D eigenvalue weighted by Gasteiger charge is -2.07. The predicted octanol–water partition coefficient (Wildman–Crippen LogP) is 2.02. The number of benzene rings is 1. The average Bonchev–Trinajstić information content (AvgIpc) is 2.73. The van der Waals surface area contributed by atoms with Gasteiger partial charge in [0.05, 0.1) is 12.7 Å². The summed E-state index contributed by atoms with van der Waals surface area (Å²) < 4.78 is 15.5. The molecule has 1 aliphatic rings. The van der Waals surface area contributed by atoms with Crippen molar-refractivity contribution in [3.63, 3.8) is 0 Å². The lowest BCUT2D eigenvalue weighted by Crippen LogP contribution is -2.00. The molecule has 0 aromatic heterocycles. The van der Waals surface area contributed by atoms with Crippen LogP contribution in [0.3, 0.4) is 0 Å². The van der Waals surface area contributed by atoms with E-state index in [1.165, 1.54) is 7.11 Å². The van der Waals surface area contributed by atoms with E-state index in [1.807, 2.05) is 6.92 Å². The predicted molar refractivity (Wildman–Crippen MR) is 53.7 cm³/mol. The molecule has 4 heteroatoms. The summed E-state index contributed by atoms with van der Waals surface area (Å²) in [7, 11) is 1.53. The van der Waals surface area contributed by atoms with Gasteiger partial charge in [-0.25, -0.2) is 0 Å². The van der Waals surface area contributed by atoms with Crippen LogP contribution in [0.5, 0.6) is 17.2 Å². The number of methoxy groups -OCH3 is 1. The fraction of sp³-hybridized carbons (Fsp3) is 0.364. The molecule has 0 fully saturated rings. The summed E-state index contributed by atoms with van der Waals surface area (Å²) in [5.74, 6) is 1.79. The van der Waals surface area contributed by atoms with Crippen molar-refractivity contribution in [2.75, 3.05) is 13.9 Å². The van der Waals surface area contributed by atoms with Gasteiger partial charge in [0.25, 0.3) is 0 Å². The van der Waals surface area contributed by atoms with Crippen LogP contribution in [-0.2, 0) is 0 Å². The summed E-state index contributed by atoms with van der Waals surface area (Å²) in [6, 6.07) is 3.36. The first-order chi connectivity index (χ1) is 7.26. The van der Waals surface area contributed by atoms with Crippen molar-refractivity contribution in [3.8, 4) is 17.2 Å². The Morgan fingerprint density at radius 1 is 1.40 bits per heavy atom. The van der Waals surface area contributed by atoms with E-state index in [9.17, 15) is 4.79 Å². The van der Waals surface area contributed by atoms with Crippen LogP contribution in [0.15, 0.2) is 12.1 Å². The standard InChI is InChI=1S/C11H12O4/c1-3-8(12)7-4-10-11(15-6-14-10)5-9(7)13-2/h4-5H,3,6H2,1-2H3. The number of fused-ring (bicyclic) bond motifs is 1. The second-order valence-corrected chi connectivity index (χ2v) is 3.18. The van der Waals surface area contributed by atoms with E-state index in [1.54, 1.807) is 12.1 Å². The summed E-state index contributed by atoms with van der Waals surface area (Å²) in [6.45, 7) is 2.01. The second-order valence-electron chi connectivity index (χ2n) is 3.18. The van der Waals surface area contributed by atoms with Crippen molar-refractivity contribution in [3.05, 3.63) is 17.7 Å². The molecule has 0 atom stereocenters. The van der Waals surface area contributed by atoms with Gasteiger partial charge in [-0.15, -0.1) is 0 Å². The van der Waals surface area contributed by atoms with E-state index in [-0.39, 0.29) is 12.6 Å². The number of ketones is 1. The third kappa shape index (κ3) is 1.63. The molecule has 0 N–H and O–H groups in total. The Kier molecular flexibility index (Phi) is 2.49. The van der Waals surface area contributed by atoms with Gasteiger partial charge in [0.2, 0.25) is 6.79 Å². The van der Waals surface area contributed by atoms with Crippen LogP contribution in [0.1, 0.15) is 23.7 Å². The minimum absolute atomic E-state index is 0.0325.